The van der Waals surface area contributed by atoms with E-state index in [2.05, 4.69) is 76.1 Å². The lowest BCUT2D eigenvalue weighted by atomic mass is 9.84. The number of anilines is 1. The summed E-state index contributed by atoms with van der Waals surface area (Å²) in [7, 11) is 2.21. The largest absolute Gasteiger partial charge is 0.374 e. The standard InChI is InChI=1S/C19H34N2/c1-7-12-19(5,14-20-13-16(2)3)15-21(6)18-10-8-17(4)9-11-18/h8-11,16,20H,7,12-15H2,1-6H3. The summed E-state index contributed by atoms with van der Waals surface area (Å²) in [5, 5.41) is 3.65. The summed E-state index contributed by atoms with van der Waals surface area (Å²) in [4.78, 5) is 2.39. The van der Waals surface area contributed by atoms with E-state index in [1.807, 2.05) is 0 Å². The van der Waals surface area contributed by atoms with Crippen LogP contribution in [-0.2, 0) is 0 Å². The summed E-state index contributed by atoms with van der Waals surface area (Å²) in [6, 6.07) is 8.84. The molecule has 0 aliphatic rings. The van der Waals surface area contributed by atoms with Crippen LogP contribution < -0.4 is 10.2 Å². The highest BCUT2D eigenvalue weighted by molar-refractivity contribution is 5.46. The first-order chi connectivity index (χ1) is 9.86. The fourth-order valence-electron chi connectivity index (χ4n) is 2.95. The molecular formula is C19H34N2. The van der Waals surface area contributed by atoms with Crippen LogP contribution in [0.3, 0.4) is 0 Å². The number of nitrogens with one attached hydrogen (secondary N) is 1. The highest BCUT2D eigenvalue weighted by Gasteiger charge is 2.25. The third-order valence-corrected chi connectivity index (χ3v) is 4.05. The first kappa shape index (κ1) is 18.0. The molecule has 0 aromatic heterocycles. The number of hydrogen-bond acceptors (Lipinski definition) is 2. The van der Waals surface area contributed by atoms with Gasteiger partial charge in [0, 0.05) is 25.8 Å². The highest BCUT2D eigenvalue weighted by Crippen LogP contribution is 2.26. The van der Waals surface area contributed by atoms with E-state index in [4.69, 9.17) is 0 Å². The Morgan fingerprint density at radius 2 is 1.81 bits per heavy atom. The maximum atomic E-state index is 3.65. The predicted molar refractivity (Wildman–Crippen MR) is 95.2 cm³/mol. The topological polar surface area (TPSA) is 15.3 Å². The highest BCUT2D eigenvalue weighted by atomic mass is 15.1. The van der Waals surface area contributed by atoms with Crippen LogP contribution >= 0.6 is 0 Å². The molecule has 21 heavy (non-hydrogen) atoms. The van der Waals surface area contributed by atoms with Gasteiger partial charge in [0.1, 0.15) is 0 Å². The molecule has 1 rings (SSSR count). The monoisotopic (exact) mass is 290 g/mol. The van der Waals surface area contributed by atoms with Gasteiger partial charge in [0.25, 0.3) is 0 Å². The normalized spacial score (nSPS) is 14.2. The molecule has 120 valence electrons. The van der Waals surface area contributed by atoms with Crippen LogP contribution in [0.4, 0.5) is 5.69 Å². The summed E-state index contributed by atoms with van der Waals surface area (Å²) in [5.41, 5.74) is 2.96. The van der Waals surface area contributed by atoms with Gasteiger partial charge in [-0.3, -0.25) is 0 Å². The molecule has 0 spiro atoms. The molecule has 1 atom stereocenters. The Kier molecular flexibility index (Phi) is 7.24. The molecule has 0 saturated heterocycles. The Balaban J connectivity index is 2.64. The van der Waals surface area contributed by atoms with E-state index in [0.29, 0.717) is 11.3 Å². The Labute approximate surface area is 131 Å². The molecule has 1 aromatic carbocycles. The maximum absolute atomic E-state index is 3.65. The minimum Gasteiger partial charge on any atom is -0.374 e. The summed E-state index contributed by atoms with van der Waals surface area (Å²) in [5.74, 6) is 0.714. The molecule has 0 saturated carbocycles. The number of hydrogen-bond donors (Lipinski definition) is 1. The van der Waals surface area contributed by atoms with Gasteiger partial charge in [-0.25, -0.2) is 0 Å². The van der Waals surface area contributed by atoms with Crippen molar-refractivity contribution in [3.8, 4) is 0 Å². The second-order valence-electron chi connectivity index (χ2n) is 7.28. The van der Waals surface area contributed by atoms with E-state index in [1.54, 1.807) is 0 Å². The number of rotatable bonds is 9. The van der Waals surface area contributed by atoms with E-state index >= 15 is 0 Å². The lowest BCUT2D eigenvalue weighted by Crippen LogP contribution is -2.42. The van der Waals surface area contributed by atoms with Gasteiger partial charge < -0.3 is 10.2 Å². The molecule has 0 bridgehead atoms. The van der Waals surface area contributed by atoms with E-state index in [-0.39, 0.29) is 0 Å². The van der Waals surface area contributed by atoms with Crippen molar-refractivity contribution in [2.45, 2.75) is 47.5 Å². The smallest absolute Gasteiger partial charge is 0.0363 e. The van der Waals surface area contributed by atoms with Crippen LogP contribution in [0.2, 0.25) is 0 Å². The molecule has 0 fully saturated rings. The van der Waals surface area contributed by atoms with Crippen LogP contribution in [0, 0.1) is 18.3 Å². The van der Waals surface area contributed by atoms with Crippen molar-refractivity contribution >= 4 is 5.69 Å². The fourth-order valence-corrected chi connectivity index (χ4v) is 2.95. The minimum absolute atomic E-state index is 0.323. The van der Waals surface area contributed by atoms with Gasteiger partial charge in [-0.15, -0.1) is 0 Å². The first-order valence-corrected chi connectivity index (χ1v) is 8.35. The van der Waals surface area contributed by atoms with Gasteiger partial charge in [-0.2, -0.15) is 0 Å². The molecule has 2 nitrogen and oxygen atoms in total. The zero-order valence-corrected chi connectivity index (χ0v) is 14.9. The zero-order valence-electron chi connectivity index (χ0n) is 14.9. The Morgan fingerprint density at radius 1 is 1.19 bits per heavy atom. The molecule has 1 aromatic rings. The number of nitrogens with zero attached hydrogens (tertiary/aromatic N) is 1. The van der Waals surface area contributed by atoms with Gasteiger partial charge in [-0.05, 0) is 43.4 Å². The number of benzene rings is 1. The predicted octanol–water partition coefficient (Wildman–Crippen LogP) is 4.48. The number of aryl methyl sites for hydroxylation is 1. The van der Waals surface area contributed by atoms with Crippen LogP contribution in [0.25, 0.3) is 0 Å². The van der Waals surface area contributed by atoms with Crippen molar-refractivity contribution in [3.63, 3.8) is 0 Å². The zero-order chi connectivity index (χ0) is 15.9. The van der Waals surface area contributed by atoms with Gasteiger partial charge in [0.05, 0.1) is 0 Å². The molecular weight excluding hydrogens is 256 g/mol. The van der Waals surface area contributed by atoms with Gasteiger partial charge in [0.2, 0.25) is 0 Å². The molecule has 0 amide bonds. The van der Waals surface area contributed by atoms with Crippen LogP contribution in [-0.4, -0.2) is 26.7 Å². The minimum atomic E-state index is 0.323. The van der Waals surface area contributed by atoms with Crippen molar-refractivity contribution in [1.29, 1.82) is 0 Å². The molecule has 2 heteroatoms. The Hall–Kier alpha value is -1.02. The van der Waals surface area contributed by atoms with Crippen molar-refractivity contribution in [2.75, 3.05) is 31.6 Å². The molecule has 0 aliphatic heterocycles. The van der Waals surface area contributed by atoms with Crippen LogP contribution in [0.1, 0.15) is 46.1 Å². The molecule has 0 radical (unpaired) electrons. The summed E-state index contributed by atoms with van der Waals surface area (Å²) >= 11 is 0. The Bertz CT molecular complexity index is 397. The lowest BCUT2D eigenvalue weighted by molar-refractivity contribution is 0.279. The second-order valence-corrected chi connectivity index (χ2v) is 7.28. The fraction of sp³-hybridized carbons (Fsp3) is 0.684. The van der Waals surface area contributed by atoms with E-state index in [0.717, 1.165) is 19.6 Å². The second kappa shape index (κ2) is 8.43. The average Bonchev–Trinajstić information content (AvgIpc) is 2.38. The molecule has 1 N–H and O–H groups in total. The van der Waals surface area contributed by atoms with Gasteiger partial charge in [0.15, 0.2) is 0 Å². The molecule has 0 heterocycles. The van der Waals surface area contributed by atoms with Crippen molar-refractivity contribution in [1.82, 2.24) is 5.32 Å². The van der Waals surface area contributed by atoms with Crippen molar-refractivity contribution < 1.29 is 0 Å². The average molecular weight is 290 g/mol. The van der Waals surface area contributed by atoms with Crippen molar-refractivity contribution in [3.05, 3.63) is 29.8 Å². The SMILES string of the molecule is CCCC(C)(CNCC(C)C)CN(C)c1ccc(C)cc1. The molecule has 0 aliphatic carbocycles. The summed E-state index contributed by atoms with van der Waals surface area (Å²) in [6.45, 7) is 14.7. The Morgan fingerprint density at radius 3 is 2.33 bits per heavy atom. The first-order valence-electron chi connectivity index (χ1n) is 8.35. The molecule has 1 unspecified atom stereocenters. The van der Waals surface area contributed by atoms with Crippen LogP contribution in [0.5, 0.6) is 0 Å². The maximum Gasteiger partial charge on any atom is 0.0363 e. The van der Waals surface area contributed by atoms with Gasteiger partial charge >= 0.3 is 0 Å². The third-order valence-electron chi connectivity index (χ3n) is 4.05. The third kappa shape index (κ3) is 6.52. The van der Waals surface area contributed by atoms with E-state index < -0.39 is 0 Å². The van der Waals surface area contributed by atoms with Crippen molar-refractivity contribution in [2.24, 2.45) is 11.3 Å². The summed E-state index contributed by atoms with van der Waals surface area (Å²) in [6.07, 6.45) is 2.50. The van der Waals surface area contributed by atoms with Crippen LogP contribution in [0.15, 0.2) is 24.3 Å². The van der Waals surface area contributed by atoms with E-state index in [9.17, 15) is 0 Å². The van der Waals surface area contributed by atoms with E-state index in [1.165, 1.54) is 24.1 Å². The quantitative estimate of drug-likeness (QED) is 0.721. The summed E-state index contributed by atoms with van der Waals surface area (Å²) < 4.78 is 0. The van der Waals surface area contributed by atoms with Gasteiger partial charge in [-0.1, -0.05) is 51.8 Å². The lowest BCUT2D eigenvalue weighted by Gasteiger charge is -2.35.